The summed E-state index contributed by atoms with van der Waals surface area (Å²) in [4.78, 5) is 22.1. The molecule has 1 aromatic heterocycles. The SMILES string of the molecule is CC(=O)c1c(C)nn(C[C@@H](C)C(=O)O)c1C. The molecule has 1 N–H and O–H groups in total. The van der Waals surface area contributed by atoms with Crippen LogP contribution in [0.2, 0.25) is 0 Å². The van der Waals surface area contributed by atoms with Crippen LogP contribution < -0.4 is 0 Å². The highest BCUT2D eigenvalue weighted by molar-refractivity contribution is 5.96. The van der Waals surface area contributed by atoms with Gasteiger partial charge in [-0.1, -0.05) is 6.92 Å². The van der Waals surface area contributed by atoms with Gasteiger partial charge in [0.2, 0.25) is 0 Å². The largest absolute Gasteiger partial charge is 0.481 e. The van der Waals surface area contributed by atoms with Crippen molar-refractivity contribution >= 4 is 11.8 Å². The molecular formula is C11H16N2O3. The number of carbonyl (C=O) groups excluding carboxylic acids is 1. The topological polar surface area (TPSA) is 72.2 Å². The predicted octanol–water partition coefficient (Wildman–Crippen LogP) is 1.42. The zero-order valence-corrected chi connectivity index (χ0v) is 9.94. The van der Waals surface area contributed by atoms with Crippen molar-refractivity contribution in [2.24, 2.45) is 5.92 Å². The standard InChI is InChI=1S/C11H16N2O3/c1-6(11(15)16)5-13-8(3)10(9(4)14)7(2)12-13/h6H,5H2,1-4H3,(H,15,16)/t6-/m1/s1. The predicted molar refractivity (Wildman–Crippen MR) is 58.5 cm³/mol. The third kappa shape index (κ3) is 2.29. The van der Waals surface area contributed by atoms with Crippen LogP contribution in [0, 0.1) is 19.8 Å². The molecule has 0 saturated heterocycles. The molecule has 0 amide bonds. The molecule has 0 aliphatic rings. The number of aromatic nitrogens is 2. The molecule has 5 heteroatoms. The summed E-state index contributed by atoms with van der Waals surface area (Å²) in [6, 6.07) is 0. The summed E-state index contributed by atoms with van der Waals surface area (Å²) in [5, 5.41) is 13.0. The number of aliphatic carboxylic acids is 1. The molecule has 88 valence electrons. The fourth-order valence-electron chi connectivity index (χ4n) is 1.72. The molecule has 1 aromatic rings. The van der Waals surface area contributed by atoms with Crippen LogP contribution in [-0.4, -0.2) is 26.6 Å². The summed E-state index contributed by atoms with van der Waals surface area (Å²) in [6.07, 6.45) is 0. The van der Waals surface area contributed by atoms with Gasteiger partial charge < -0.3 is 5.11 Å². The molecule has 16 heavy (non-hydrogen) atoms. The molecule has 0 fully saturated rings. The fourth-order valence-corrected chi connectivity index (χ4v) is 1.72. The van der Waals surface area contributed by atoms with Gasteiger partial charge in [-0.15, -0.1) is 0 Å². The van der Waals surface area contributed by atoms with Crippen molar-refractivity contribution < 1.29 is 14.7 Å². The molecule has 0 bridgehead atoms. The Morgan fingerprint density at radius 2 is 2.00 bits per heavy atom. The Bertz CT molecular complexity index is 435. The van der Waals surface area contributed by atoms with E-state index in [1.165, 1.54) is 6.92 Å². The van der Waals surface area contributed by atoms with E-state index in [9.17, 15) is 9.59 Å². The number of carbonyl (C=O) groups is 2. The maximum Gasteiger partial charge on any atom is 0.308 e. The second kappa shape index (κ2) is 4.47. The molecule has 0 aliphatic heterocycles. The molecule has 1 rings (SSSR count). The second-order valence-electron chi connectivity index (χ2n) is 4.02. The number of hydrogen-bond donors (Lipinski definition) is 1. The summed E-state index contributed by atoms with van der Waals surface area (Å²) < 4.78 is 1.59. The second-order valence-corrected chi connectivity index (χ2v) is 4.02. The Morgan fingerprint density at radius 1 is 1.44 bits per heavy atom. The maximum absolute atomic E-state index is 11.4. The van der Waals surface area contributed by atoms with Crippen LogP contribution in [0.4, 0.5) is 0 Å². The van der Waals surface area contributed by atoms with Gasteiger partial charge >= 0.3 is 5.97 Å². The monoisotopic (exact) mass is 224 g/mol. The highest BCUT2D eigenvalue weighted by Gasteiger charge is 2.18. The van der Waals surface area contributed by atoms with E-state index < -0.39 is 11.9 Å². The molecule has 0 spiro atoms. The normalized spacial score (nSPS) is 12.5. The summed E-state index contributed by atoms with van der Waals surface area (Å²) in [7, 11) is 0. The number of rotatable bonds is 4. The van der Waals surface area contributed by atoms with Crippen LogP contribution >= 0.6 is 0 Å². The minimum Gasteiger partial charge on any atom is -0.481 e. The van der Waals surface area contributed by atoms with Crippen LogP contribution in [0.15, 0.2) is 0 Å². The van der Waals surface area contributed by atoms with Gasteiger partial charge in [0.1, 0.15) is 0 Å². The molecule has 0 radical (unpaired) electrons. The Labute approximate surface area is 94.1 Å². The first-order valence-corrected chi connectivity index (χ1v) is 5.12. The van der Waals surface area contributed by atoms with E-state index in [-0.39, 0.29) is 12.3 Å². The molecule has 0 saturated carbocycles. The summed E-state index contributed by atoms with van der Waals surface area (Å²) in [5.41, 5.74) is 1.98. The summed E-state index contributed by atoms with van der Waals surface area (Å²) in [6.45, 7) is 6.93. The van der Waals surface area contributed by atoms with Crippen molar-refractivity contribution in [1.29, 1.82) is 0 Å². The van der Waals surface area contributed by atoms with Crippen molar-refractivity contribution in [2.75, 3.05) is 0 Å². The van der Waals surface area contributed by atoms with Gasteiger partial charge in [-0.25, -0.2) is 0 Å². The molecule has 0 aliphatic carbocycles. The first kappa shape index (κ1) is 12.4. The van der Waals surface area contributed by atoms with E-state index in [4.69, 9.17) is 5.11 Å². The minimum atomic E-state index is -0.864. The maximum atomic E-state index is 11.4. The molecule has 1 heterocycles. The number of ketones is 1. The molecular weight excluding hydrogens is 208 g/mol. The van der Waals surface area contributed by atoms with Crippen LogP contribution in [-0.2, 0) is 11.3 Å². The van der Waals surface area contributed by atoms with E-state index in [1.54, 1.807) is 25.5 Å². The average Bonchev–Trinajstić information content (AvgIpc) is 2.41. The summed E-state index contributed by atoms with van der Waals surface area (Å²) >= 11 is 0. The average molecular weight is 224 g/mol. The van der Waals surface area contributed by atoms with Gasteiger partial charge in [0.15, 0.2) is 5.78 Å². The zero-order chi connectivity index (χ0) is 12.5. The minimum absolute atomic E-state index is 0.0378. The Balaban J connectivity index is 3.04. The third-order valence-corrected chi connectivity index (χ3v) is 2.60. The lowest BCUT2D eigenvalue weighted by atomic mass is 10.1. The number of carboxylic acid groups (broad SMARTS) is 1. The van der Waals surface area contributed by atoms with Crippen LogP contribution in [0.3, 0.4) is 0 Å². The third-order valence-electron chi connectivity index (χ3n) is 2.60. The van der Waals surface area contributed by atoms with Gasteiger partial charge in [-0.3, -0.25) is 14.3 Å². The highest BCUT2D eigenvalue weighted by Crippen LogP contribution is 2.15. The van der Waals surface area contributed by atoms with Gasteiger partial charge in [0.05, 0.1) is 23.7 Å². The molecule has 0 aromatic carbocycles. The van der Waals surface area contributed by atoms with E-state index in [0.29, 0.717) is 11.3 Å². The first-order valence-electron chi connectivity index (χ1n) is 5.12. The smallest absolute Gasteiger partial charge is 0.308 e. The Hall–Kier alpha value is -1.65. The van der Waals surface area contributed by atoms with Gasteiger partial charge in [0.25, 0.3) is 0 Å². The van der Waals surface area contributed by atoms with Gasteiger partial charge in [0, 0.05) is 5.69 Å². The lowest BCUT2D eigenvalue weighted by Crippen LogP contribution is -2.18. The number of Topliss-reactive ketones (excluding diaryl/α,β-unsaturated/α-hetero) is 1. The van der Waals surface area contributed by atoms with Crippen LogP contribution in [0.25, 0.3) is 0 Å². The van der Waals surface area contributed by atoms with Crippen molar-refractivity contribution in [3.63, 3.8) is 0 Å². The Kier molecular flexibility index (Phi) is 3.47. The van der Waals surface area contributed by atoms with E-state index in [2.05, 4.69) is 5.10 Å². The van der Waals surface area contributed by atoms with E-state index in [0.717, 1.165) is 5.69 Å². The fraction of sp³-hybridized carbons (Fsp3) is 0.545. The number of nitrogens with zero attached hydrogens (tertiary/aromatic N) is 2. The lowest BCUT2D eigenvalue weighted by Gasteiger charge is -2.08. The van der Waals surface area contributed by atoms with Crippen LogP contribution in [0.5, 0.6) is 0 Å². The summed E-state index contributed by atoms with van der Waals surface area (Å²) in [5.74, 6) is -1.42. The van der Waals surface area contributed by atoms with Crippen molar-refractivity contribution in [2.45, 2.75) is 34.2 Å². The van der Waals surface area contributed by atoms with Gasteiger partial charge in [-0.2, -0.15) is 5.10 Å². The van der Waals surface area contributed by atoms with E-state index >= 15 is 0 Å². The van der Waals surface area contributed by atoms with Crippen molar-refractivity contribution in [1.82, 2.24) is 9.78 Å². The number of aryl methyl sites for hydroxylation is 1. The molecule has 0 unspecified atom stereocenters. The van der Waals surface area contributed by atoms with Crippen LogP contribution in [0.1, 0.15) is 35.6 Å². The number of carboxylic acids is 1. The first-order chi connectivity index (χ1) is 7.34. The molecule has 1 atom stereocenters. The van der Waals surface area contributed by atoms with Crippen molar-refractivity contribution in [3.8, 4) is 0 Å². The van der Waals surface area contributed by atoms with Gasteiger partial charge in [-0.05, 0) is 20.8 Å². The van der Waals surface area contributed by atoms with Crippen molar-refractivity contribution in [3.05, 3.63) is 17.0 Å². The molecule has 5 nitrogen and oxygen atoms in total. The lowest BCUT2D eigenvalue weighted by molar-refractivity contribution is -0.141. The quantitative estimate of drug-likeness (QED) is 0.785. The Morgan fingerprint density at radius 3 is 2.38 bits per heavy atom. The number of hydrogen-bond acceptors (Lipinski definition) is 3. The zero-order valence-electron chi connectivity index (χ0n) is 9.94. The van der Waals surface area contributed by atoms with E-state index in [1.807, 2.05) is 0 Å². The highest BCUT2D eigenvalue weighted by atomic mass is 16.4.